The maximum atomic E-state index is 5.46. The van der Waals surface area contributed by atoms with Crippen LogP contribution in [0.4, 0.5) is 0 Å². The molecule has 0 aliphatic carbocycles. The zero-order valence-corrected chi connectivity index (χ0v) is 13.7. The first kappa shape index (κ1) is 15.6. The smallest absolute Gasteiger partial charge is 0.122 e. The number of nitrogens with one attached hydrogen (secondary N) is 1. The first-order valence-corrected chi connectivity index (χ1v) is 7.52. The third-order valence-electron chi connectivity index (χ3n) is 4.04. The fraction of sp³-hybridized carbons (Fsp3) is 0.368. The Balaban J connectivity index is 2.44. The Hall–Kier alpha value is -1.80. The standard InChI is InChI=1S/C19H25NO/c1-6-20-19(16-9-7-13(2)15(4)11-16)17-10-8-14(3)18(12-17)21-5/h7-12,19-20H,6H2,1-5H3. The van der Waals surface area contributed by atoms with Crippen molar-refractivity contribution in [2.75, 3.05) is 13.7 Å². The van der Waals surface area contributed by atoms with Crippen LogP contribution in [0.5, 0.6) is 5.75 Å². The molecule has 0 amide bonds. The molecular weight excluding hydrogens is 258 g/mol. The van der Waals surface area contributed by atoms with Gasteiger partial charge in [-0.2, -0.15) is 0 Å². The average molecular weight is 283 g/mol. The van der Waals surface area contributed by atoms with E-state index in [2.05, 4.69) is 69.4 Å². The lowest BCUT2D eigenvalue weighted by atomic mass is 9.94. The van der Waals surface area contributed by atoms with Gasteiger partial charge in [0.25, 0.3) is 0 Å². The summed E-state index contributed by atoms with van der Waals surface area (Å²) in [5, 5.41) is 3.58. The summed E-state index contributed by atoms with van der Waals surface area (Å²) in [5.41, 5.74) is 6.36. The van der Waals surface area contributed by atoms with Crippen molar-refractivity contribution in [3.8, 4) is 5.75 Å². The number of methoxy groups -OCH3 is 1. The molecule has 0 fully saturated rings. The van der Waals surface area contributed by atoms with Crippen LogP contribution in [0, 0.1) is 20.8 Å². The molecule has 0 spiro atoms. The van der Waals surface area contributed by atoms with Gasteiger partial charge in [-0.25, -0.2) is 0 Å². The lowest BCUT2D eigenvalue weighted by Crippen LogP contribution is -2.22. The Kier molecular flexibility index (Phi) is 5.03. The molecule has 112 valence electrons. The van der Waals surface area contributed by atoms with Gasteiger partial charge < -0.3 is 10.1 Å². The van der Waals surface area contributed by atoms with E-state index in [1.165, 1.54) is 22.3 Å². The molecule has 0 bridgehead atoms. The molecule has 1 N–H and O–H groups in total. The van der Waals surface area contributed by atoms with Crippen LogP contribution in [-0.2, 0) is 0 Å². The van der Waals surface area contributed by atoms with Gasteiger partial charge in [0, 0.05) is 0 Å². The van der Waals surface area contributed by atoms with Gasteiger partial charge in [-0.15, -0.1) is 0 Å². The van der Waals surface area contributed by atoms with Crippen LogP contribution in [0.25, 0.3) is 0 Å². The van der Waals surface area contributed by atoms with Crippen molar-refractivity contribution in [1.29, 1.82) is 0 Å². The van der Waals surface area contributed by atoms with Crippen molar-refractivity contribution in [3.63, 3.8) is 0 Å². The van der Waals surface area contributed by atoms with Gasteiger partial charge in [0.2, 0.25) is 0 Å². The number of rotatable bonds is 5. The number of aryl methyl sites for hydroxylation is 3. The molecule has 2 heteroatoms. The quantitative estimate of drug-likeness (QED) is 0.882. The molecule has 0 aliphatic heterocycles. The highest BCUT2D eigenvalue weighted by Gasteiger charge is 2.15. The Bertz CT molecular complexity index is 619. The van der Waals surface area contributed by atoms with Crippen LogP contribution in [0.2, 0.25) is 0 Å². The van der Waals surface area contributed by atoms with E-state index < -0.39 is 0 Å². The minimum absolute atomic E-state index is 0.198. The van der Waals surface area contributed by atoms with E-state index >= 15 is 0 Å². The van der Waals surface area contributed by atoms with E-state index in [4.69, 9.17) is 4.74 Å². The molecule has 1 atom stereocenters. The van der Waals surface area contributed by atoms with E-state index in [1.807, 2.05) is 0 Å². The molecule has 0 radical (unpaired) electrons. The van der Waals surface area contributed by atoms with E-state index in [9.17, 15) is 0 Å². The molecule has 0 heterocycles. The zero-order chi connectivity index (χ0) is 15.4. The van der Waals surface area contributed by atoms with Crippen molar-refractivity contribution in [2.24, 2.45) is 0 Å². The number of hydrogen-bond donors (Lipinski definition) is 1. The van der Waals surface area contributed by atoms with Crippen LogP contribution in [0.15, 0.2) is 36.4 Å². The summed E-state index contributed by atoms with van der Waals surface area (Å²) in [7, 11) is 1.73. The highest BCUT2D eigenvalue weighted by atomic mass is 16.5. The van der Waals surface area contributed by atoms with Gasteiger partial charge in [-0.05, 0) is 61.2 Å². The first-order valence-electron chi connectivity index (χ1n) is 7.52. The summed E-state index contributed by atoms with van der Waals surface area (Å²) in [6, 6.07) is 13.3. The van der Waals surface area contributed by atoms with Crippen LogP contribution >= 0.6 is 0 Å². The Labute approximate surface area is 128 Å². The van der Waals surface area contributed by atoms with Crippen LogP contribution in [-0.4, -0.2) is 13.7 Å². The fourth-order valence-corrected chi connectivity index (χ4v) is 2.59. The van der Waals surface area contributed by atoms with Gasteiger partial charge in [-0.3, -0.25) is 0 Å². The second-order valence-corrected chi connectivity index (χ2v) is 5.56. The molecule has 2 aromatic rings. The predicted molar refractivity (Wildman–Crippen MR) is 89.2 cm³/mol. The van der Waals surface area contributed by atoms with Gasteiger partial charge in [0.05, 0.1) is 13.2 Å². The SMILES string of the molecule is CCNC(c1ccc(C)c(C)c1)c1ccc(C)c(OC)c1. The van der Waals surface area contributed by atoms with Crippen LogP contribution < -0.4 is 10.1 Å². The topological polar surface area (TPSA) is 21.3 Å². The summed E-state index contributed by atoms with van der Waals surface area (Å²) >= 11 is 0. The Morgan fingerprint density at radius 1 is 0.905 bits per heavy atom. The van der Waals surface area contributed by atoms with E-state index in [-0.39, 0.29) is 6.04 Å². The molecule has 2 aromatic carbocycles. The van der Waals surface area contributed by atoms with Crippen molar-refractivity contribution in [2.45, 2.75) is 33.7 Å². The average Bonchev–Trinajstić information content (AvgIpc) is 2.48. The second kappa shape index (κ2) is 6.77. The molecule has 2 nitrogen and oxygen atoms in total. The molecule has 21 heavy (non-hydrogen) atoms. The maximum Gasteiger partial charge on any atom is 0.122 e. The van der Waals surface area contributed by atoms with Crippen molar-refractivity contribution in [3.05, 3.63) is 64.2 Å². The minimum atomic E-state index is 0.198. The lowest BCUT2D eigenvalue weighted by Gasteiger charge is -2.21. The van der Waals surface area contributed by atoms with Crippen molar-refractivity contribution < 1.29 is 4.74 Å². The maximum absolute atomic E-state index is 5.46. The van der Waals surface area contributed by atoms with Gasteiger partial charge >= 0.3 is 0 Å². The first-order chi connectivity index (χ1) is 10.1. The molecule has 0 saturated carbocycles. The Morgan fingerprint density at radius 2 is 1.52 bits per heavy atom. The van der Waals surface area contributed by atoms with Gasteiger partial charge in [-0.1, -0.05) is 37.3 Å². The molecule has 2 rings (SSSR count). The summed E-state index contributed by atoms with van der Waals surface area (Å²) in [6.07, 6.45) is 0. The van der Waals surface area contributed by atoms with E-state index in [1.54, 1.807) is 7.11 Å². The third-order valence-corrected chi connectivity index (χ3v) is 4.04. The molecule has 0 aliphatic rings. The highest BCUT2D eigenvalue weighted by Crippen LogP contribution is 2.28. The predicted octanol–water partition coefficient (Wildman–Crippen LogP) is 4.32. The number of hydrogen-bond acceptors (Lipinski definition) is 2. The number of benzene rings is 2. The summed E-state index contributed by atoms with van der Waals surface area (Å²) in [5.74, 6) is 0.944. The van der Waals surface area contributed by atoms with Crippen molar-refractivity contribution in [1.82, 2.24) is 5.32 Å². The lowest BCUT2D eigenvalue weighted by molar-refractivity contribution is 0.410. The fourth-order valence-electron chi connectivity index (χ4n) is 2.59. The summed E-state index contributed by atoms with van der Waals surface area (Å²) < 4.78 is 5.46. The Morgan fingerprint density at radius 3 is 2.10 bits per heavy atom. The summed E-state index contributed by atoms with van der Waals surface area (Å²) in [4.78, 5) is 0. The van der Waals surface area contributed by atoms with Gasteiger partial charge in [0.1, 0.15) is 5.75 Å². The molecule has 0 saturated heterocycles. The normalized spacial score (nSPS) is 12.2. The highest BCUT2D eigenvalue weighted by molar-refractivity contribution is 5.42. The van der Waals surface area contributed by atoms with E-state index in [0.29, 0.717) is 0 Å². The zero-order valence-electron chi connectivity index (χ0n) is 13.7. The van der Waals surface area contributed by atoms with Crippen LogP contribution in [0.1, 0.15) is 40.8 Å². The monoisotopic (exact) mass is 283 g/mol. The van der Waals surface area contributed by atoms with E-state index in [0.717, 1.165) is 17.9 Å². The third kappa shape index (κ3) is 3.45. The largest absolute Gasteiger partial charge is 0.496 e. The second-order valence-electron chi connectivity index (χ2n) is 5.56. The minimum Gasteiger partial charge on any atom is -0.496 e. The van der Waals surface area contributed by atoms with Gasteiger partial charge in [0.15, 0.2) is 0 Å². The van der Waals surface area contributed by atoms with Crippen LogP contribution in [0.3, 0.4) is 0 Å². The molecule has 0 aromatic heterocycles. The molecule has 1 unspecified atom stereocenters. The van der Waals surface area contributed by atoms with Crippen molar-refractivity contribution >= 4 is 0 Å². The number of ether oxygens (including phenoxy) is 1. The summed E-state index contributed by atoms with van der Waals surface area (Å²) in [6.45, 7) is 9.45. The molecular formula is C19H25NO.